The van der Waals surface area contributed by atoms with E-state index in [4.69, 9.17) is 4.74 Å². The molecule has 0 atom stereocenters. The van der Waals surface area contributed by atoms with Gasteiger partial charge in [-0.25, -0.2) is 0 Å². The third kappa shape index (κ3) is 1.71. The Labute approximate surface area is 67.3 Å². The van der Waals surface area contributed by atoms with Crippen molar-refractivity contribution in [1.29, 1.82) is 0 Å². The van der Waals surface area contributed by atoms with Crippen molar-refractivity contribution >= 4 is 5.91 Å². The number of rotatable bonds is 0. The molecular formula is C8H15NO2. The van der Waals surface area contributed by atoms with E-state index in [1.54, 1.807) is 6.92 Å². The van der Waals surface area contributed by atoms with Crippen molar-refractivity contribution in [2.75, 3.05) is 19.8 Å². The maximum Gasteiger partial charge on any atom is 0.220 e. The summed E-state index contributed by atoms with van der Waals surface area (Å²) in [6.07, 6.45) is 0. The smallest absolute Gasteiger partial charge is 0.220 e. The molecule has 0 aromatic carbocycles. The molecule has 0 saturated carbocycles. The molecule has 0 unspecified atom stereocenters. The summed E-state index contributed by atoms with van der Waals surface area (Å²) in [5.74, 6) is 0.137. The van der Waals surface area contributed by atoms with E-state index in [9.17, 15) is 4.79 Å². The Hall–Kier alpha value is -0.570. The van der Waals surface area contributed by atoms with Gasteiger partial charge in [-0.05, 0) is 13.8 Å². The molecule has 1 rings (SSSR count). The van der Waals surface area contributed by atoms with Crippen molar-refractivity contribution in [2.24, 2.45) is 0 Å². The van der Waals surface area contributed by atoms with Crippen LogP contribution in [0.25, 0.3) is 0 Å². The lowest BCUT2D eigenvalue weighted by molar-refractivity contribution is -0.143. The molecule has 11 heavy (non-hydrogen) atoms. The number of ether oxygens (including phenoxy) is 1. The molecule has 1 saturated heterocycles. The quantitative estimate of drug-likeness (QED) is 0.516. The van der Waals surface area contributed by atoms with E-state index in [2.05, 4.69) is 0 Å². The lowest BCUT2D eigenvalue weighted by atomic mass is 10.0. The van der Waals surface area contributed by atoms with Gasteiger partial charge in [-0.3, -0.25) is 4.79 Å². The van der Waals surface area contributed by atoms with Crippen LogP contribution in [-0.4, -0.2) is 36.1 Å². The number of carbonyl (C=O) groups is 1. The van der Waals surface area contributed by atoms with Crippen molar-refractivity contribution in [2.45, 2.75) is 26.3 Å². The zero-order chi connectivity index (χ0) is 8.48. The topological polar surface area (TPSA) is 29.5 Å². The lowest BCUT2D eigenvalue weighted by Crippen LogP contribution is -2.54. The summed E-state index contributed by atoms with van der Waals surface area (Å²) in [5.41, 5.74) is -0.121. The van der Waals surface area contributed by atoms with Crippen molar-refractivity contribution in [3.8, 4) is 0 Å². The molecule has 3 heteroatoms. The van der Waals surface area contributed by atoms with Crippen LogP contribution in [-0.2, 0) is 9.53 Å². The standard InChI is InChI=1S/C8H15NO2/c1-7(10)9-4-5-11-6-8(9,2)3/h4-6H2,1-3H3. The maximum absolute atomic E-state index is 11.1. The predicted molar refractivity (Wildman–Crippen MR) is 42.3 cm³/mol. The van der Waals surface area contributed by atoms with E-state index in [0.717, 1.165) is 6.54 Å². The van der Waals surface area contributed by atoms with E-state index < -0.39 is 0 Å². The molecular weight excluding hydrogens is 142 g/mol. The minimum absolute atomic E-state index is 0.121. The van der Waals surface area contributed by atoms with E-state index in [-0.39, 0.29) is 11.4 Å². The van der Waals surface area contributed by atoms with Gasteiger partial charge in [0.25, 0.3) is 0 Å². The summed E-state index contributed by atoms with van der Waals surface area (Å²) in [6.45, 7) is 7.69. The van der Waals surface area contributed by atoms with Gasteiger partial charge in [0.05, 0.1) is 18.8 Å². The highest BCUT2D eigenvalue weighted by Gasteiger charge is 2.31. The summed E-state index contributed by atoms with van der Waals surface area (Å²) >= 11 is 0. The first kappa shape index (κ1) is 8.53. The highest BCUT2D eigenvalue weighted by molar-refractivity contribution is 5.74. The Balaban J connectivity index is 2.67. The number of carbonyl (C=O) groups excluding carboxylic acids is 1. The van der Waals surface area contributed by atoms with Gasteiger partial charge in [0.1, 0.15) is 0 Å². The van der Waals surface area contributed by atoms with Crippen LogP contribution in [0, 0.1) is 0 Å². The fraction of sp³-hybridized carbons (Fsp3) is 0.875. The van der Waals surface area contributed by atoms with Crippen LogP contribution in [0.4, 0.5) is 0 Å². The average Bonchev–Trinajstić information content (AvgIpc) is 1.85. The van der Waals surface area contributed by atoms with Crippen molar-refractivity contribution in [3.05, 3.63) is 0 Å². The fourth-order valence-corrected chi connectivity index (χ4v) is 1.44. The third-order valence-electron chi connectivity index (χ3n) is 2.03. The van der Waals surface area contributed by atoms with Gasteiger partial charge < -0.3 is 9.64 Å². The molecule has 1 aliphatic rings. The van der Waals surface area contributed by atoms with Crippen molar-refractivity contribution in [3.63, 3.8) is 0 Å². The highest BCUT2D eigenvalue weighted by Crippen LogP contribution is 2.18. The van der Waals surface area contributed by atoms with E-state index in [0.29, 0.717) is 13.2 Å². The van der Waals surface area contributed by atoms with Crippen LogP contribution in [0.1, 0.15) is 20.8 Å². The second kappa shape index (κ2) is 2.81. The zero-order valence-corrected chi connectivity index (χ0v) is 7.39. The molecule has 1 aliphatic heterocycles. The van der Waals surface area contributed by atoms with Gasteiger partial charge in [-0.15, -0.1) is 0 Å². The first-order valence-corrected chi connectivity index (χ1v) is 3.90. The summed E-state index contributed by atoms with van der Waals surface area (Å²) in [7, 11) is 0. The molecule has 0 spiro atoms. The monoisotopic (exact) mass is 157 g/mol. The third-order valence-corrected chi connectivity index (χ3v) is 2.03. The molecule has 1 fully saturated rings. The molecule has 0 aliphatic carbocycles. The Morgan fingerprint density at radius 3 is 2.55 bits per heavy atom. The maximum atomic E-state index is 11.1. The molecule has 0 N–H and O–H groups in total. The fourth-order valence-electron chi connectivity index (χ4n) is 1.44. The van der Waals surface area contributed by atoms with Crippen LogP contribution < -0.4 is 0 Å². The van der Waals surface area contributed by atoms with Crippen LogP contribution in [0.3, 0.4) is 0 Å². The minimum atomic E-state index is -0.121. The SMILES string of the molecule is CC(=O)N1CCOCC1(C)C. The van der Waals surface area contributed by atoms with Gasteiger partial charge in [-0.2, -0.15) is 0 Å². The molecule has 1 amide bonds. The van der Waals surface area contributed by atoms with Crippen molar-refractivity contribution in [1.82, 2.24) is 4.90 Å². The van der Waals surface area contributed by atoms with Gasteiger partial charge in [0.2, 0.25) is 5.91 Å². The summed E-state index contributed by atoms with van der Waals surface area (Å²) in [5, 5.41) is 0. The van der Waals surface area contributed by atoms with Gasteiger partial charge in [0.15, 0.2) is 0 Å². The highest BCUT2D eigenvalue weighted by atomic mass is 16.5. The normalized spacial score (nSPS) is 23.4. The minimum Gasteiger partial charge on any atom is -0.377 e. The van der Waals surface area contributed by atoms with Gasteiger partial charge in [0, 0.05) is 13.5 Å². The van der Waals surface area contributed by atoms with Crippen LogP contribution in [0.5, 0.6) is 0 Å². The van der Waals surface area contributed by atoms with Crippen LogP contribution in [0.2, 0.25) is 0 Å². The molecule has 0 aromatic heterocycles. The molecule has 1 heterocycles. The van der Waals surface area contributed by atoms with Crippen molar-refractivity contribution < 1.29 is 9.53 Å². The largest absolute Gasteiger partial charge is 0.377 e. The average molecular weight is 157 g/mol. The van der Waals surface area contributed by atoms with Crippen LogP contribution in [0.15, 0.2) is 0 Å². The Morgan fingerprint density at radius 2 is 2.18 bits per heavy atom. The second-order valence-corrected chi connectivity index (χ2v) is 3.54. The van der Waals surface area contributed by atoms with Crippen LogP contribution >= 0.6 is 0 Å². The number of hydrogen-bond acceptors (Lipinski definition) is 2. The Kier molecular flexibility index (Phi) is 2.18. The Bertz CT molecular complexity index is 165. The number of morpholine rings is 1. The van der Waals surface area contributed by atoms with E-state index in [1.807, 2.05) is 18.7 Å². The van der Waals surface area contributed by atoms with Gasteiger partial charge in [-0.1, -0.05) is 0 Å². The van der Waals surface area contributed by atoms with Gasteiger partial charge >= 0.3 is 0 Å². The van der Waals surface area contributed by atoms with E-state index >= 15 is 0 Å². The first-order valence-electron chi connectivity index (χ1n) is 3.90. The zero-order valence-electron chi connectivity index (χ0n) is 7.39. The molecule has 64 valence electrons. The lowest BCUT2D eigenvalue weighted by Gasteiger charge is -2.41. The summed E-state index contributed by atoms with van der Waals surface area (Å²) in [4.78, 5) is 12.9. The second-order valence-electron chi connectivity index (χ2n) is 3.54. The number of amides is 1. The summed E-state index contributed by atoms with van der Waals surface area (Å²) < 4.78 is 5.27. The molecule has 0 aromatic rings. The predicted octanol–water partition coefficient (Wildman–Crippen LogP) is 0.644. The number of hydrogen-bond donors (Lipinski definition) is 0. The summed E-state index contributed by atoms with van der Waals surface area (Å²) in [6, 6.07) is 0. The Morgan fingerprint density at radius 1 is 1.55 bits per heavy atom. The molecule has 3 nitrogen and oxygen atoms in total. The van der Waals surface area contributed by atoms with E-state index in [1.165, 1.54) is 0 Å². The molecule has 0 bridgehead atoms. The number of nitrogens with zero attached hydrogens (tertiary/aromatic N) is 1. The first-order chi connectivity index (χ1) is 5.04. The molecule has 0 radical (unpaired) electrons.